The van der Waals surface area contributed by atoms with Gasteiger partial charge in [0.1, 0.15) is 5.82 Å². The van der Waals surface area contributed by atoms with Crippen molar-refractivity contribution in [3.63, 3.8) is 0 Å². The van der Waals surface area contributed by atoms with Gasteiger partial charge in [-0.1, -0.05) is 6.92 Å². The van der Waals surface area contributed by atoms with Gasteiger partial charge in [-0.3, -0.25) is 4.79 Å². The molecule has 0 spiro atoms. The summed E-state index contributed by atoms with van der Waals surface area (Å²) in [5.74, 6) is 0.344. The monoisotopic (exact) mass is 291 g/mol. The number of nitrogens with two attached hydrogens (primary N) is 1. The molecular weight excluding hydrogens is 266 g/mol. The second-order valence-corrected chi connectivity index (χ2v) is 5.36. The Morgan fingerprint density at radius 3 is 2.62 bits per heavy atom. The van der Waals surface area contributed by atoms with Crippen molar-refractivity contribution in [2.45, 2.75) is 13.3 Å². The first-order valence-electron chi connectivity index (χ1n) is 7.63. The summed E-state index contributed by atoms with van der Waals surface area (Å²) < 4.78 is 0. The predicted octanol–water partition coefficient (Wildman–Crippen LogP) is 0.421. The van der Waals surface area contributed by atoms with Crippen LogP contribution in [0.2, 0.25) is 0 Å². The largest absolute Gasteiger partial charge is 0.384 e. The number of anilines is 1. The zero-order valence-corrected chi connectivity index (χ0v) is 12.7. The lowest BCUT2D eigenvalue weighted by atomic mass is 10.2. The molecule has 1 aromatic heterocycles. The van der Waals surface area contributed by atoms with Gasteiger partial charge in [-0.15, -0.1) is 0 Å². The molecule has 1 amide bonds. The van der Waals surface area contributed by atoms with Gasteiger partial charge < -0.3 is 20.9 Å². The molecular formula is C15H25N5O. The van der Waals surface area contributed by atoms with Crippen molar-refractivity contribution in [1.82, 2.24) is 20.1 Å². The summed E-state index contributed by atoms with van der Waals surface area (Å²) in [6.45, 7) is 9.64. The van der Waals surface area contributed by atoms with Crippen molar-refractivity contribution in [3.05, 3.63) is 23.9 Å². The number of nitrogens with one attached hydrogen (secondary N) is 1. The highest BCUT2D eigenvalue weighted by Crippen LogP contribution is 2.03. The van der Waals surface area contributed by atoms with E-state index in [1.165, 1.54) is 6.20 Å². The first-order valence-corrected chi connectivity index (χ1v) is 7.63. The van der Waals surface area contributed by atoms with Gasteiger partial charge >= 0.3 is 0 Å². The third-order valence-electron chi connectivity index (χ3n) is 3.90. The summed E-state index contributed by atoms with van der Waals surface area (Å²) >= 11 is 0. The number of hydrogen-bond acceptors (Lipinski definition) is 5. The molecule has 0 atom stereocenters. The van der Waals surface area contributed by atoms with E-state index in [0.717, 1.165) is 45.7 Å². The lowest BCUT2D eigenvalue weighted by Gasteiger charge is -2.33. The van der Waals surface area contributed by atoms with Crippen molar-refractivity contribution in [2.24, 2.45) is 0 Å². The van der Waals surface area contributed by atoms with Gasteiger partial charge in [-0.05, 0) is 31.6 Å². The zero-order valence-electron chi connectivity index (χ0n) is 12.7. The molecule has 1 aliphatic rings. The molecule has 21 heavy (non-hydrogen) atoms. The van der Waals surface area contributed by atoms with Crippen molar-refractivity contribution in [1.29, 1.82) is 0 Å². The number of carbonyl (C=O) groups excluding carboxylic acids is 1. The number of piperazine rings is 1. The van der Waals surface area contributed by atoms with Crippen molar-refractivity contribution < 1.29 is 4.79 Å². The summed E-state index contributed by atoms with van der Waals surface area (Å²) in [5, 5.41) is 2.92. The van der Waals surface area contributed by atoms with Crippen LogP contribution in [0.4, 0.5) is 5.82 Å². The Morgan fingerprint density at radius 1 is 1.29 bits per heavy atom. The van der Waals surface area contributed by atoms with Crippen LogP contribution in [0, 0.1) is 0 Å². The normalized spacial score (nSPS) is 16.8. The molecule has 1 fully saturated rings. The van der Waals surface area contributed by atoms with Crippen molar-refractivity contribution in [3.8, 4) is 0 Å². The quantitative estimate of drug-likeness (QED) is 0.743. The standard InChI is InChI=1S/C15H25N5O/c1-2-19-8-10-20(11-9-19)7-3-6-17-15(21)13-4-5-14(16)18-12-13/h4-5,12H,2-3,6-11H2,1H3,(H2,16,18)(H,17,21). The van der Waals surface area contributed by atoms with E-state index in [1.54, 1.807) is 12.1 Å². The van der Waals surface area contributed by atoms with Gasteiger partial charge in [-0.2, -0.15) is 0 Å². The Balaban J connectivity index is 1.61. The van der Waals surface area contributed by atoms with Crippen LogP contribution >= 0.6 is 0 Å². The van der Waals surface area contributed by atoms with Crippen LogP contribution in [0.15, 0.2) is 18.3 Å². The first-order chi connectivity index (χ1) is 10.2. The van der Waals surface area contributed by atoms with E-state index in [0.29, 0.717) is 17.9 Å². The molecule has 0 aromatic carbocycles. The predicted molar refractivity (Wildman–Crippen MR) is 84.2 cm³/mol. The number of likely N-dealkylation sites (N-methyl/N-ethyl adjacent to an activating group) is 1. The first kappa shape index (κ1) is 15.7. The maximum atomic E-state index is 11.9. The molecule has 3 N–H and O–H groups in total. The SMILES string of the molecule is CCN1CCN(CCCNC(=O)c2ccc(N)nc2)CC1. The molecule has 0 radical (unpaired) electrons. The van der Waals surface area contributed by atoms with E-state index in [-0.39, 0.29) is 5.91 Å². The highest BCUT2D eigenvalue weighted by Gasteiger charge is 2.14. The fourth-order valence-corrected chi connectivity index (χ4v) is 2.48. The molecule has 1 aromatic rings. The number of rotatable bonds is 6. The van der Waals surface area contributed by atoms with Crippen LogP contribution < -0.4 is 11.1 Å². The topological polar surface area (TPSA) is 74.5 Å². The smallest absolute Gasteiger partial charge is 0.252 e. The minimum Gasteiger partial charge on any atom is -0.384 e. The van der Waals surface area contributed by atoms with Crippen molar-refractivity contribution in [2.75, 3.05) is 51.5 Å². The van der Waals surface area contributed by atoms with E-state index in [9.17, 15) is 4.79 Å². The van der Waals surface area contributed by atoms with Crippen molar-refractivity contribution >= 4 is 11.7 Å². The molecule has 0 bridgehead atoms. The number of nitrogens with zero attached hydrogens (tertiary/aromatic N) is 3. The summed E-state index contributed by atoms with van der Waals surface area (Å²) in [4.78, 5) is 20.7. The molecule has 0 aliphatic carbocycles. The Hall–Kier alpha value is -1.66. The van der Waals surface area contributed by atoms with Gasteiger partial charge in [-0.25, -0.2) is 4.98 Å². The fraction of sp³-hybridized carbons (Fsp3) is 0.600. The molecule has 0 unspecified atom stereocenters. The minimum atomic E-state index is -0.0849. The van der Waals surface area contributed by atoms with E-state index >= 15 is 0 Å². The molecule has 1 saturated heterocycles. The lowest BCUT2D eigenvalue weighted by molar-refractivity contribution is 0.0948. The Morgan fingerprint density at radius 2 is 2.00 bits per heavy atom. The third-order valence-corrected chi connectivity index (χ3v) is 3.90. The third kappa shape index (κ3) is 4.99. The number of nitrogen functional groups attached to an aromatic ring is 1. The van der Waals surface area contributed by atoms with Crippen LogP contribution in [0.1, 0.15) is 23.7 Å². The second-order valence-electron chi connectivity index (χ2n) is 5.36. The number of hydrogen-bond donors (Lipinski definition) is 2. The van der Waals surface area contributed by atoms with Crippen LogP contribution in [0.3, 0.4) is 0 Å². The van der Waals surface area contributed by atoms with Crippen LogP contribution in [-0.4, -0.2) is 66.5 Å². The highest BCUT2D eigenvalue weighted by atomic mass is 16.1. The summed E-state index contributed by atoms with van der Waals surface area (Å²) in [5.41, 5.74) is 6.06. The van der Waals surface area contributed by atoms with E-state index < -0.39 is 0 Å². The number of pyridine rings is 1. The van der Waals surface area contributed by atoms with Crippen LogP contribution in [0.25, 0.3) is 0 Å². The molecule has 2 heterocycles. The lowest BCUT2D eigenvalue weighted by Crippen LogP contribution is -2.46. The summed E-state index contributed by atoms with van der Waals surface area (Å²) in [6.07, 6.45) is 2.48. The Kier molecular flexibility index (Phi) is 5.95. The Labute approximate surface area is 126 Å². The fourth-order valence-electron chi connectivity index (χ4n) is 2.48. The van der Waals surface area contributed by atoms with Gasteiger partial charge in [0.05, 0.1) is 5.56 Å². The molecule has 116 valence electrons. The van der Waals surface area contributed by atoms with Gasteiger partial charge in [0.2, 0.25) is 0 Å². The maximum Gasteiger partial charge on any atom is 0.252 e. The highest BCUT2D eigenvalue weighted by molar-refractivity contribution is 5.93. The van der Waals surface area contributed by atoms with E-state index in [1.807, 2.05) is 0 Å². The van der Waals surface area contributed by atoms with E-state index in [4.69, 9.17) is 5.73 Å². The van der Waals surface area contributed by atoms with Gasteiger partial charge in [0.15, 0.2) is 0 Å². The number of carbonyl (C=O) groups is 1. The maximum absolute atomic E-state index is 11.9. The summed E-state index contributed by atoms with van der Waals surface area (Å²) in [7, 11) is 0. The van der Waals surface area contributed by atoms with E-state index in [2.05, 4.69) is 27.0 Å². The second kappa shape index (κ2) is 7.95. The Bertz CT molecular complexity index is 440. The number of aromatic nitrogens is 1. The summed E-state index contributed by atoms with van der Waals surface area (Å²) in [6, 6.07) is 3.34. The minimum absolute atomic E-state index is 0.0849. The number of amides is 1. The molecule has 6 heteroatoms. The molecule has 0 saturated carbocycles. The zero-order chi connectivity index (χ0) is 15.1. The molecule has 2 rings (SSSR count). The molecule has 6 nitrogen and oxygen atoms in total. The van der Waals surface area contributed by atoms with Gasteiger partial charge in [0, 0.05) is 38.9 Å². The molecule has 1 aliphatic heterocycles. The van der Waals surface area contributed by atoms with Crippen LogP contribution in [-0.2, 0) is 0 Å². The van der Waals surface area contributed by atoms with Gasteiger partial charge in [0.25, 0.3) is 5.91 Å². The average molecular weight is 291 g/mol. The average Bonchev–Trinajstić information content (AvgIpc) is 2.52. The van der Waals surface area contributed by atoms with Crippen LogP contribution in [0.5, 0.6) is 0 Å².